The van der Waals surface area contributed by atoms with Crippen molar-refractivity contribution in [3.8, 4) is 11.5 Å². The van der Waals surface area contributed by atoms with Crippen LogP contribution >= 0.6 is 0 Å². The Morgan fingerprint density at radius 2 is 2.59 bits per heavy atom. The number of aliphatic hydroxyl groups is 1. The molecule has 4 nitrogen and oxygen atoms in total. The van der Waals surface area contributed by atoms with Crippen LogP contribution < -0.4 is 9.47 Å². The number of piperidine rings is 1. The van der Waals surface area contributed by atoms with Gasteiger partial charge >= 0.3 is 0 Å². The minimum absolute atomic E-state index is 0.0466. The lowest BCUT2D eigenvalue weighted by molar-refractivity contribution is -0.0453. The zero-order valence-corrected chi connectivity index (χ0v) is 11.5. The van der Waals surface area contributed by atoms with Gasteiger partial charge in [0.1, 0.15) is 12.2 Å². The summed E-state index contributed by atoms with van der Waals surface area (Å²) < 4.78 is 110. The lowest BCUT2D eigenvalue weighted by Gasteiger charge is -2.56. The monoisotopic (exact) mass is 311 g/mol. The smallest absolute Gasteiger partial charge is 0.211 e. The van der Waals surface area contributed by atoms with E-state index in [0.29, 0.717) is 0 Å². The van der Waals surface area contributed by atoms with E-state index in [1.165, 1.54) is 12.1 Å². The molecule has 5 rings (SSSR count). The summed E-state index contributed by atoms with van der Waals surface area (Å²) in [5.41, 5.74) is -1.80. The van der Waals surface area contributed by atoms with Gasteiger partial charge in [-0.3, -0.25) is 0 Å². The average molecular weight is 311 g/mol. The predicted octanol–water partition coefficient (Wildman–Crippen LogP) is 1.50. The Morgan fingerprint density at radius 1 is 1.59 bits per heavy atom. The van der Waals surface area contributed by atoms with Gasteiger partial charge in [-0.25, -0.2) is 0 Å². The van der Waals surface area contributed by atoms with Crippen LogP contribution in [0.25, 0.3) is 0 Å². The van der Waals surface area contributed by atoms with Crippen LogP contribution in [0.1, 0.15) is 32.6 Å². The Hall–Kier alpha value is -1.52. The summed E-state index contributed by atoms with van der Waals surface area (Å²) in [5, 5.41) is 4.63. The molecule has 2 bridgehead atoms. The van der Waals surface area contributed by atoms with E-state index < -0.39 is 49.9 Å². The topological polar surface area (TPSA) is 41.9 Å². The molecule has 22 heavy (non-hydrogen) atoms. The second-order valence-corrected chi connectivity index (χ2v) is 5.93. The van der Waals surface area contributed by atoms with Crippen molar-refractivity contribution < 1.29 is 29.7 Å². The number of hydrogen-bond acceptors (Lipinski definition) is 4. The maximum atomic E-state index is 9.33. The number of methoxy groups -OCH3 is 1. The van der Waals surface area contributed by atoms with Gasteiger partial charge in [0.2, 0.25) is 1.43 Å². The molecular formula is C18H21NO3. The first kappa shape index (κ1) is 5.84. The fourth-order valence-corrected chi connectivity index (χ4v) is 4.17. The number of likely N-dealkylation sites (N-methyl/N-ethyl adjacent to an activating group) is 1. The summed E-state index contributed by atoms with van der Waals surface area (Å²) in [4.78, 5) is 0.785. The normalized spacial score (nSPS) is 62.5. The highest BCUT2D eigenvalue weighted by Gasteiger charge is 2.64. The van der Waals surface area contributed by atoms with Crippen LogP contribution in [0.15, 0.2) is 24.3 Å². The molecule has 2 unspecified atom stereocenters. The fourth-order valence-electron chi connectivity index (χ4n) is 4.17. The maximum absolute atomic E-state index is 9.33. The molecule has 4 aliphatic rings. The van der Waals surface area contributed by atoms with E-state index in [4.69, 9.17) is 23.2 Å². The number of benzene rings is 1. The lowest BCUT2D eigenvalue weighted by Crippen LogP contribution is -2.64. The predicted molar refractivity (Wildman–Crippen MR) is 82.5 cm³/mol. The van der Waals surface area contributed by atoms with Gasteiger partial charge in [0.25, 0.3) is 0 Å². The van der Waals surface area contributed by atoms with E-state index in [0.717, 1.165) is 17.0 Å². The van der Waals surface area contributed by atoms with E-state index >= 15 is 0 Å². The van der Waals surface area contributed by atoms with E-state index in [-0.39, 0.29) is 35.6 Å². The van der Waals surface area contributed by atoms with Crippen molar-refractivity contribution in [3.05, 3.63) is 35.4 Å². The first-order chi connectivity index (χ1) is 15.4. The third-order valence-corrected chi connectivity index (χ3v) is 5.06. The summed E-state index contributed by atoms with van der Waals surface area (Å²) in [6.07, 6.45) is -5.45. The molecule has 1 N–H and O–H groups in total. The number of ether oxygens (including phenoxy) is 2. The molecule has 0 saturated carbocycles. The van der Waals surface area contributed by atoms with Gasteiger partial charge in [0.15, 0.2) is 11.5 Å². The van der Waals surface area contributed by atoms with Gasteiger partial charge in [-0.05, 0) is 37.9 Å². The highest BCUT2D eigenvalue weighted by molar-refractivity contribution is 5.62. The van der Waals surface area contributed by atoms with Crippen molar-refractivity contribution in [2.45, 2.75) is 36.4 Å². The highest BCUT2D eigenvalue weighted by atomic mass is 16.5. The zero-order valence-electron chi connectivity index (χ0n) is 23.5. The van der Waals surface area contributed by atoms with E-state index in [1.54, 1.807) is 0 Å². The first-order valence-corrected chi connectivity index (χ1v) is 7.08. The second-order valence-electron chi connectivity index (χ2n) is 5.93. The SMILES string of the molecule is [2H]OC1([2H])C=C[C@@H]2[C@@]34CCN(C([2H])([2H])[2H])[C@]2([2H])C([2H])([2H])c2ccc(OC([2H])([2H])[2H])c(c23)OC14[2H]. The van der Waals surface area contributed by atoms with Crippen LogP contribution in [-0.4, -0.2) is 50.2 Å². The lowest BCUT2D eigenvalue weighted by atomic mass is 9.53. The molecule has 1 fully saturated rings. The molecule has 4 heteroatoms. The molecule has 1 saturated heterocycles. The van der Waals surface area contributed by atoms with Crippen LogP contribution in [0.2, 0.25) is 0 Å². The summed E-state index contributed by atoms with van der Waals surface area (Å²) in [6.45, 7) is -3.19. The van der Waals surface area contributed by atoms with Crippen LogP contribution in [-0.2, 0) is 11.8 Å². The standard InChI is InChI=1S/C18H21NO3/c1-19-8-7-18-11-4-5-13(20)17(18)22-16-14(21-2)6-3-10(15(16)18)9-12(11)19/h3-6,11-13,17,20H,7-9H2,1-2H3/t11-,12+,13?,17?,18-/m0/s1/i1D3,2D3,9D2,12D,13D,17D,20D. The summed E-state index contributed by atoms with van der Waals surface area (Å²) >= 11 is 0. The Labute approximate surface area is 147 Å². The molecule has 0 radical (unpaired) electrons. The van der Waals surface area contributed by atoms with Crippen molar-refractivity contribution in [3.63, 3.8) is 0 Å². The van der Waals surface area contributed by atoms with Crippen LogP contribution in [0.3, 0.4) is 0 Å². The number of rotatable bonds is 2. The van der Waals surface area contributed by atoms with Gasteiger partial charge in [0, 0.05) is 31.1 Å². The molecular weight excluding hydrogens is 278 g/mol. The van der Waals surface area contributed by atoms with E-state index in [1.807, 2.05) is 0 Å². The third kappa shape index (κ3) is 1.28. The summed E-state index contributed by atoms with van der Waals surface area (Å²) in [7, 11) is -2.91. The quantitative estimate of drug-likeness (QED) is 0.841. The highest BCUT2D eigenvalue weighted by Crippen LogP contribution is 2.62. The molecule has 0 aromatic heterocycles. The first-order valence-electron chi connectivity index (χ1n) is 13.0. The largest absolute Gasteiger partial charge is 0.493 e. The van der Waals surface area contributed by atoms with Crippen molar-refractivity contribution in [1.29, 1.82) is 1.43 Å². The second kappa shape index (κ2) is 4.06. The van der Waals surface area contributed by atoms with Gasteiger partial charge < -0.3 is 19.5 Å². The Kier molecular flexibility index (Phi) is 1.08. The minimum Gasteiger partial charge on any atom is -0.493 e. The van der Waals surface area contributed by atoms with Gasteiger partial charge in [0.05, 0.1) is 13.9 Å². The molecule has 2 aliphatic heterocycles. The van der Waals surface area contributed by atoms with Gasteiger partial charge in [-0.15, -0.1) is 0 Å². The molecule has 1 aromatic carbocycles. The van der Waals surface area contributed by atoms with Crippen molar-refractivity contribution in [2.24, 2.45) is 5.92 Å². The van der Waals surface area contributed by atoms with Crippen molar-refractivity contribution in [1.82, 2.24) is 4.90 Å². The molecule has 116 valence electrons. The number of likely N-dealkylation sites (tertiary alicyclic amines) is 1. The summed E-state index contributed by atoms with van der Waals surface area (Å²) in [5.74, 6) is -1.90. The fraction of sp³-hybridized carbons (Fsp3) is 0.556. The van der Waals surface area contributed by atoms with Crippen LogP contribution in [0.5, 0.6) is 11.5 Å². The maximum Gasteiger partial charge on any atom is 0.211 e. The molecule has 2 heterocycles. The van der Waals surface area contributed by atoms with E-state index in [2.05, 4.69) is 5.11 Å². The van der Waals surface area contributed by atoms with Crippen LogP contribution in [0.4, 0.5) is 0 Å². The molecule has 0 amide bonds. The number of hydrogen-bond donors (Lipinski definition) is 1. The Balaban J connectivity index is 1.90. The summed E-state index contributed by atoms with van der Waals surface area (Å²) in [6, 6.07) is -0.104. The third-order valence-electron chi connectivity index (χ3n) is 5.06. The van der Waals surface area contributed by atoms with Gasteiger partial charge in [-0.1, -0.05) is 18.2 Å². The van der Waals surface area contributed by atoms with Crippen LogP contribution in [0, 0.1) is 5.92 Å². The Bertz CT molecular complexity index is 1100. The molecule has 1 spiro atoms. The Morgan fingerprint density at radius 3 is 3.45 bits per heavy atom. The van der Waals surface area contributed by atoms with Crippen molar-refractivity contribution >= 4 is 0 Å². The number of nitrogens with zero attached hydrogens (tertiary/aromatic N) is 1. The van der Waals surface area contributed by atoms with E-state index in [9.17, 15) is 2.74 Å². The average Bonchev–Trinajstić information content (AvgIpc) is 2.96. The zero-order chi connectivity index (χ0) is 25.3. The molecule has 5 atom stereocenters. The molecule has 2 aliphatic carbocycles. The van der Waals surface area contributed by atoms with Gasteiger partial charge in [-0.2, -0.15) is 0 Å². The molecule has 1 aromatic rings. The van der Waals surface area contributed by atoms with Crippen molar-refractivity contribution in [2.75, 3.05) is 20.6 Å². The minimum atomic E-state index is -2.91.